The van der Waals surface area contributed by atoms with E-state index in [1.54, 1.807) is 7.11 Å². The van der Waals surface area contributed by atoms with E-state index in [0.29, 0.717) is 12.4 Å². The van der Waals surface area contributed by atoms with Crippen molar-refractivity contribution in [2.75, 3.05) is 19.5 Å². The molecule has 1 aromatic heterocycles. The second-order valence-corrected chi connectivity index (χ2v) is 8.12. The van der Waals surface area contributed by atoms with Crippen LogP contribution in [0.2, 0.25) is 0 Å². The van der Waals surface area contributed by atoms with Gasteiger partial charge in [-0.1, -0.05) is 25.1 Å². The number of ketones is 1. The number of methoxy groups -OCH3 is 1. The number of carbonyl (C=O) groups is 1. The van der Waals surface area contributed by atoms with Crippen LogP contribution in [0.1, 0.15) is 35.7 Å². The average molecular weight is 424 g/mol. The van der Waals surface area contributed by atoms with Crippen LogP contribution in [-0.2, 0) is 13.0 Å². The first-order valence-electron chi connectivity index (χ1n) is 10.2. The highest BCUT2D eigenvalue weighted by molar-refractivity contribution is 7.99. The van der Waals surface area contributed by atoms with Crippen LogP contribution in [0.5, 0.6) is 11.5 Å². The number of rotatable bonds is 9. The number of carbonyl (C=O) groups excluding carboxylic acids is 1. The van der Waals surface area contributed by atoms with E-state index in [-0.39, 0.29) is 5.78 Å². The fourth-order valence-corrected chi connectivity index (χ4v) is 4.30. The standard InChI is InChI=1S/C23H25N3O3S/c1-3-4-12-26-22(16-5-8-19(28-2)9-6-16)24-25-23(26)30-15-20(27)17-7-10-21-18(14-17)11-13-29-21/h5-10,14H,3-4,11-13,15H2,1-2H3. The topological polar surface area (TPSA) is 66.2 Å². The number of aromatic nitrogens is 3. The number of nitrogens with zero attached hydrogens (tertiary/aromatic N) is 3. The number of unbranched alkanes of at least 4 members (excludes halogenated alkanes) is 1. The highest BCUT2D eigenvalue weighted by Gasteiger charge is 2.18. The van der Waals surface area contributed by atoms with Gasteiger partial charge < -0.3 is 14.0 Å². The maximum Gasteiger partial charge on any atom is 0.191 e. The Balaban J connectivity index is 1.51. The molecule has 0 spiro atoms. The quantitative estimate of drug-likeness (QED) is 0.368. The average Bonchev–Trinajstić information content (AvgIpc) is 3.42. The van der Waals surface area contributed by atoms with Gasteiger partial charge in [0.1, 0.15) is 11.5 Å². The number of thioether (sulfide) groups is 1. The van der Waals surface area contributed by atoms with Gasteiger partial charge in [0, 0.05) is 24.1 Å². The summed E-state index contributed by atoms with van der Waals surface area (Å²) < 4.78 is 12.9. The summed E-state index contributed by atoms with van der Waals surface area (Å²) in [6.07, 6.45) is 2.95. The highest BCUT2D eigenvalue weighted by Crippen LogP contribution is 2.29. The third kappa shape index (κ3) is 4.36. The normalized spacial score (nSPS) is 12.5. The van der Waals surface area contributed by atoms with Crippen LogP contribution in [0.3, 0.4) is 0 Å². The zero-order valence-electron chi connectivity index (χ0n) is 17.3. The van der Waals surface area contributed by atoms with Crippen LogP contribution in [0, 0.1) is 0 Å². The number of hydrogen-bond acceptors (Lipinski definition) is 6. The molecule has 2 aromatic carbocycles. The molecule has 0 atom stereocenters. The Morgan fingerprint density at radius 1 is 1.20 bits per heavy atom. The minimum Gasteiger partial charge on any atom is -0.497 e. The smallest absolute Gasteiger partial charge is 0.191 e. The van der Waals surface area contributed by atoms with Crippen LogP contribution in [0.15, 0.2) is 47.6 Å². The van der Waals surface area contributed by atoms with Crippen molar-refractivity contribution in [3.05, 3.63) is 53.6 Å². The van der Waals surface area contributed by atoms with Crippen molar-refractivity contribution in [2.24, 2.45) is 0 Å². The molecular weight excluding hydrogens is 398 g/mol. The summed E-state index contributed by atoms with van der Waals surface area (Å²) in [4.78, 5) is 12.8. The zero-order chi connectivity index (χ0) is 20.9. The van der Waals surface area contributed by atoms with Crippen molar-refractivity contribution in [2.45, 2.75) is 37.9 Å². The summed E-state index contributed by atoms with van der Waals surface area (Å²) in [5.41, 5.74) is 2.82. The summed E-state index contributed by atoms with van der Waals surface area (Å²) in [6, 6.07) is 13.5. The van der Waals surface area contributed by atoms with E-state index in [1.807, 2.05) is 42.5 Å². The minimum atomic E-state index is 0.0886. The molecule has 0 amide bonds. The Hall–Kier alpha value is -2.80. The van der Waals surface area contributed by atoms with E-state index < -0.39 is 0 Å². The Kier molecular flexibility index (Phi) is 6.38. The van der Waals surface area contributed by atoms with Gasteiger partial charge in [0.15, 0.2) is 16.8 Å². The lowest BCUT2D eigenvalue weighted by Crippen LogP contribution is -2.06. The van der Waals surface area contributed by atoms with Crippen molar-refractivity contribution in [3.8, 4) is 22.9 Å². The molecular formula is C23H25N3O3S. The minimum absolute atomic E-state index is 0.0886. The molecule has 0 N–H and O–H groups in total. The van der Waals surface area contributed by atoms with Crippen LogP contribution in [-0.4, -0.2) is 40.0 Å². The molecule has 6 nitrogen and oxygen atoms in total. The van der Waals surface area contributed by atoms with E-state index >= 15 is 0 Å². The summed E-state index contributed by atoms with van der Waals surface area (Å²) in [5, 5.41) is 9.57. The highest BCUT2D eigenvalue weighted by atomic mass is 32.2. The number of fused-ring (bicyclic) bond motifs is 1. The van der Waals surface area contributed by atoms with E-state index in [0.717, 1.165) is 65.0 Å². The van der Waals surface area contributed by atoms with E-state index in [9.17, 15) is 4.79 Å². The van der Waals surface area contributed by atoms with Gasteiger partial charge in [-0.05, 0) is 54.4 Å². The van der Waals surface area contributed by atoms with E-state index in [2.05, 4.69) is 21.7 Å². The second kappa shape index (κ2) is 9.34. The summed E-state index contributed by atoms with van der Waals surface area (Å²) >= 11 is 1.44. The monoisotopic (exact) mass is 423 g/mol. The van der Waals surface area contributed by atoms with E-state index in [1.165, 1.54) is 11.8 Å². The number of ether oxygens (including phenoxy) is 2. The third-order valence-electron chi connectivity index (χ3n) is 5.14. The molecule has 0 unspecified atom stereocenters. The summed E-state index contributed by atoms with van der Waals surface area (Å²) in [5.74, 6) is 2.93. The molecule has 2 heterocycles. The Labute approximate surface area is 180 Å². The van der Waals surface area contributed by atoms with Crippen LogP contribution in [0.25, 0.3) is 11.4 Å². The number of benzene rings is 2. The first-order valence-corrected chi connectivity index (χ1v) is 11.2. The first kappa shape index (κ1) is 20.5. The van der Waals surface area contributed by atoms with Crippen molar-refractivity contribution < 1.29 is 14.3 Å². The first-order chi connectivity index (χ1) is 14.7. The summed E-state index contributed by atoms with van der Waals surface area (Å²) in [6.45, 7) is 3.67. The van der Waals surface area contributed by atoms with Gasteiger partial charge >= 0.3 is 0 Å². The van der Waals surface area contributed by atoms with Gasteiger partial charge in [0.2, 0.25) is 0 Å². The van der Waals surface area contributed by atoms with Crippen LogP contribution >= 0.6 is 11.8 Å². The Morgan fingerprint density at radius 3 is 2.80 bits per heavy atom. The number of hydrogen-bond donors (Lipinski definition) is 0. The number of Topliss-reactive ketones (excluding diaryl/α,β-unsaturated/α-hetero) is 1. The zero-order valence-corrected chi connectivity index (χ0v) is 18.1. The van der Waals surface area contributed by atoms with Gasteiger partial charge in [-0.25, -0.2) is 0 Å². The second-order valence-electron chi connectivity index (χ2n) is 7.17. The molecule has 0 bridgehead atoms. The fourth-order valence-electron chi connectivity index (χ4n) is 3.44. The molecule has 30 heavy (non-hydrogen) atoms. The molecule has 0 saturated heterocycles. The maximum atomic E-state index is 12.8. The predicted octanol–water partition coefficient (Wildman–Crippen LogP) is 4.66. The molecule has 156 valence electrons. The largest absolute Gasteiger partial charge is 0.497 e. The van der Waals surface area contributed by atoms with Crippen molar-refractivity contribution in [1.82, 2.24) is 14.8 Å². The molecule has 0 fully saturated rings. The lowest BCUT2D eigenvalue weighted by molar-refractivity contribution is 0.102. The van der Waals surface area contributed by atoms with Crippen molar-refractivity contribution >= 4 is 17.5 Å². The molecule has 0 radical (unpaired) electrons. The SMILES string of the molecule is CCCCn1c(SCC(=O)c2ccc3c(c2)CCO3)nnc1-c1ccc(OC)cc1. The van der Waals surface area contributed by atoms with E-state index in [4.69, 9.17) is 9.47 Å². The predicted molar refractivity (Wildman–Crippen MR) is 118 cm³/mol. The van der Waals surface area contributed by atoms with Crippen molar-refractivity contribution in [3.63, 3.8) is 0 Å². The van der Waals surface area contributed by atoms with Crippen molar-refractivity contribution in [1.29, 1.82) is 0 Å². The lowest BCUT2D eigenvalue weighted by atomic mass is 10.1. The fraction of sp³-hybridized carbons (Fsp3) is 0.348. The molecule has 1 aliphatic rings. The maximum absolute atomic E-state index is 12.8. The van der Waals surface area contributed by atoms with Gasteiger partial charge in [-0.3, -0.25) is 4.79 Å². The van der Waals surface area contributed by atoms with Gasteiger partial charge in [-0.15, -0.1) is 10.2 Å². The third-order valence-corrected chi connectivity index (χ3v) is 6.11. The molecule has 7 heteroatoms. The van der Waals surface area contributed by atoms with Gasteiger partial charge in [0.25, 0.3) is 0 Å². The van der Waals surface area contributed by atoms with Crippen LogP contribution < -0.4 is 9.47 Å². The van der Waals surface area contributed by atoms with Gasteiger partial charge in [-0.2, -0.15) is 0 Å². The Bertz CT molecular complexity index is 1030. The lowest BCUT2D eigenvalue weighted by Gasteiger charge is -2.10. The molecule has 3 aromatic rings. The van der Waals surface area contributed by atoms with Crippen LogP contribution in [0.4, 0.5) is 0 Å². The summed E-state index contributed by atoms with van der Waals surface area (Å²) in [7, 11) is 1.65. The molecule has 4 rings (SSSR count). The molecule has 1 aliphatic heterocycles. The van der Waals surface area contributed by atoms with Gasteiger partial charge in [0.05, 0.1) is 19.5 Å². The Morgan fingerprint density at radius 2 is 2.03 bits per heavy atom. The molecule has 0 aliphatic carbocycles. The molecule has 0 saturated carbocycles.